The van der Waals surface area contributed by atoms with Crippen LogP contribution in [-0.2, 0) is 0 Å². The molecule has 1 aromatic carbocycles. The molecule has 0 bridgehead atoms. The van der Waals surface area contributed by atoms with Crippen LogP contribution in [0.3, 0.4) is 0 Å². The van der Waals surface area contributed by atoms with Gasteiger partial charge in [-0.25, -0.2) is 10.2 Å². The summed E-state index contributed by atoms with van der Waals surface area (Å²) in [6.45, 7) is 4.76. The number of aromatic nitrogens is 1. The van der Waals surface area contributed by atoms with Gasteiger partial charge in [-0.1, -0.05) is 30.3 Å². The van der Waals surface area contributed by atoms with Gasteiger partial charge < -0.3 is 10.2 Å². The first-order valence-corrected chi connectivity index (χ1v) is 12.8. The zero-order valence-electron chi connectivity index (χ0n) is 20.1. The number of carbonyl (C=O) groups excluding carboxylic acids is 1. The first-order valence-electron chi connectivity index (χ1n) is 12.8. The summed E-state index contributed by atoms with van der Waals surface area (Å²) in [5, 5.41) is 12.7. The van der Waals surface area contributed by atoms with Gasteiger partial charge in [0.05, 0.1) is 24.7 Å². The minimum absolute atomic E-state index is 0.0432. The van der Waals surface area contributed by atoms with Crippen LogP contribution in [-0.4, -0.2) is 65.1 Å². The van der Waals surface area contributed by atoms with Crippen molar-refractivity contribution in [2.75, 3.05) is 26.2 Å². The molecule has 0 spiro atoms. The molecule has 3 N–H and O–H groups in total. The number of benzene rings is 1. The molecule has 5 unspecified atom stereocenters. The number of fused-ring (bicyclic) bond motifs is 2. The van der Waals surface area contributed by atoms with Crippen LogP contribution in [0.25, 0.3) is 0 Å². The van der Waals surface area contributed by atoms with Crippen molar-refractivity contribution in [1.82, 2.24) is 31.0 Å². The molecule has 8 heteroatoms. The number of nitrogens with one attached hydrogen (secondary N) is 3. The van der Waals surface area contributed by atoms with E-state index in [1.807, 2.05) is 19.2 Å². The van der Waals surface area contributed by atoms with Crippen LogP contribution in [0.15, 0.2) is 48.7 Å². The number of hydrogen-bond acceptors (Lipinski definition) is 6. The van der Waals surface area contributed by atoms with E-state index in [1.54, 1.807) is 0 Å². The number of rotatable bonds is 4. The second-order valence-electron chi connectivity index (χ2n) is 10.6. The number of likely N-dealkylation sites (tertiary alicyclic amines) is 1. The lowest BCUT2D eigenvalue weighted by atomic mass is 9.71. The molecule has 1 saturated carbocycles. The minimum Gasteiger partial charge on any atom is -0.335 e. The highest BCUT2D eigenvalue weighted by Crippen LogP contribution is 2.43. The molecule has 8 nitrogen and oxygen atoms in total. The van der Waals surface area contributed by atoms with Gasteiger partial charge in [0.1, 0.15) is 0 Å². The Kier molecular flexibility index (Phi) is 5.93. The monoisotopic (exact) mass is 471 g/mol. The van der Waals surface area contributed by atoms with Gasteiger partial charge in [-0.3, -0.25) is 15.3 Å². The Balaban J connectivity index is 1.22. The topological polar surface area (TPSA) is 96.3 Å². The van der Waals surface area contributed by atoms with Gasteiger partial charge in [0.25, 0.3) is 0 Å². The van der Waals surface area contributed by atoms with Gasteiger partial charge in [-0.15, -0.1) is 0 Å². The van der Waals surface area contributed by atoms with Gasteiger partial charge in [0, 0.05) is 49.5 Å². The van der Waals surface area contributed by atoms with E-state index in [9.17, 15) is 10.1 Å². The van der Waals surface area contributed by atoms with Crippen LogP contribution in [0.5, 0.6) is 0 Å². The standard InChI is InChI=1S/C27H33N7O/c1-17-11-19(7-9-29-17)26-21-12-20-14-34(27(35)30-23(20)13-24(21)31-32-26)25-16-33(10-8-28)15-22(25)18-5-3-2-4-6-18/h2-7,9,11,20-26,31-32H,10,12-16H2,1H3,(H,30,35)/t20?,21?,22-,23?,24?,25+,26?/m0/s1. The largest absolute Gasteiger partial charge is 0.335 e. The summed E-state index contributed by atoms with van der Waals surface area (Å²) in [6.07, 6.45) is 3.89. The molecule has 4 heterocycles. The molecule has 0 radical (unpaired) electrons. The van der Waals surface area contributed by atoms with Crippen LogP contribution in [0.2, 0.25) is 0 Å². The molecule has 7 atom stereocenters. The van der Waals surface area contributed by atoms with E-state index in [0.29, 0.717) is 24.4 Å². The van der Waals surface area contributed by atoms with Crippen LogP contribution in [0.1, 0.15) is 41.6 Å². The van der Waals surface area contributed by atoms with Crippen molar-refractivity contribution in [3.05, 3.63) is 65.5 Å². The smallest absolute Gasteiger partial charge is 0.317 e. The zero-order chi connectivity index (χ0) is 23.9. The van der Waals surface area contributed by atoms with Crippen molar-refractivity contribution < 1.29 is 4.79 Å². The first kappa shape index (κ1) is 22.5. The molecule has 6 rings (SSSR count). The number of hydrazine groups is 1. The predicted molar refractivity (Wildman–Crippen MR) is 132 cm³/mol. The predicted octanol–water partition coefficient (Wildman–Crippen LogP) is 2.32. The highest BCUT2D eigenvalue weighted by molar-refractivity contribution is 5.76. The summed E-state index contributed by atoms with van der Waals surface area (Å²) < 4.78 is 0. The Bertz CT molecular complexity index is 1120. The second kappa shape index (κ2) is 9.23. The molecule has 4 fully saturated rings. The Morgan fingerprint density at radius 3 is 2.71 bits per heavy atom. The maximum absolute atomic E-state index is 13.4. The van der Waals surface area contributed by atoms with E-state index in [1.165, 1.54) is 11.1 Å². The molecular weight excluding hydrogens is 438 g/mol. The van der Waals surface area contributed by atoms with Gasteiger partial charge in [-0.05, 0) is 54.9 Å². The summed E-state index contributed by atoms with van der Waals surface area (Å²) in [7, 11) is 0. The number of nitriles is 1. The molecule has 3 saturated heterocycles. The summed E-state index contributed by atoms with van der Waals surface area (Å²) in [6, 6.07) is 18.0. The SMILES string of the molecule is Cc1cc(C2NNC3CC4NC(=O)N([C@@H]5CN(CC#N)C[C@H]5c5ccccc5)CC4CC32)ccn1. The van der Waals surface area contributed by atoms with Crippen LogP contribution < -0.4 is 16.2 Å². The highest BCUT2D eigenvalue weighted by Gasteiger charge is 2.50. The molecule has 1 aromatic heterocycles. The third kappa shape index (κ3) is 4.18. The molecule has 3 aliphatic heterocycles. The fourth-order valence-electron chi connectivity index (χ4n) is 6.93. The zero-order valence-corrected chi connectivity index (χ0v) is 20.1. The Morgan fingerprint density at radius 2 is 1.91 bits per heavy atom. The number of carbonyl (C=O) groups is 1. The van der Waals surface area contributed by atoms with Crippen molar-refractivity contribution in [3.63, 3.8) is 0 Å². The van der Waals surface area contributed by atoms with Crippen molar-refractivity contribution in [1.29, 1.82) is 5.26 Å². The molecule has 2 amide bonds. The quantitative estimate of drug-likeness (QED) is 0.593. The first-order chi connectivity index (χ1) is 17.1. The van der Waals surface area contributed by atoms with E-state index >= 15 is 0 Å². The van der Waals surface area contributed by atoms with Crippen LogP contribution in [0.4, 0.5) is 4.79 Å². The summed E-state index contributed by atoms with van der Waals surface area (Å²) in [4.78, 5) is 22.0. The van der Waals surface area contributed by atoms with Crippen molar-refractivity contribution in [3.8, 4) is 6.07 Å². The summed E-state index contributed by atoms with van der Waals surface area (Å²) in [5.74, 6) is 1.09. The highest BCUT2D eigenvalue weighted by atomic mass is 16.2. The molecule has 1 aliphatic carbocycles. The molecular formula is C27H33N7O. The average molecular weight is 472 g/mol. The lowest BCUT2D eigenvalue weighted by Gasteiger charge is -2.48. The Morgan fingerprint density at radius 1 is 1.06 bits per heavy atom. The van der Waals surface area contributed by atoms with Crippen molar-refractivity contribution in [2.45, 2.75) is 49.9 Å². The number of nitrogens with zero attached hydrogens (tertiary/aromatic N) is 4. The Hall–Kier alpha value is -2.99. The van der Waals surface area contributed by atoms with Crippen LogP contribution in [0, 0.1) is 30.1 Å². The number of pyridine rings is 1. The number of amides is 2. The van der Waals surface area contributed by atoms with E-state index in [2.05, 4.69) is 73.4 Å². The fourth-order valence-corrected chi connectivity index (χ4v) is 6.93. The van der Waals surface area contributed by atoms with Crippen LogP contribution >= 0.6 is 0 Å². The van der Waals surface area contributed by atoms with Gasteiger partial charge >= 0.3 is 6.03 Å². The lowest BCUT2D eigenvalue weighted by molar-refractivity contribution is 0.0788. The second-order valence-corrected chi connectivity index (χ2v) is 10.6. The van der Waals surface area contributed by atoms with Gasteiger partial charge in [0.2, 0.25) is 0 Å². The maximum atomic E-state index is 13.4. The minimum atomic E-state index is 0.0432. The molecule has 2 aromatic rings. The van der Waals surface area contributed by atoms with Gasteiger partial charge in [0.15, 0.2) is 0 Å². The number of aryl methyl sites for hydroxylation is 1. The third-order valence-corrected chi connectivity index (χ3v) is 8.59. The van der Waals surface area contributed by atoms with E-state index in [0.717, 1.165) is 38.2 Å². The summed E-state index contributed by atoms with van der Waals surface area (Å²) in [5.41, 5.74) is 10.6. The van der Waals surface area contributed by atoms with Crippen molar-refractivity contribution in [2.24, 2.45) is 11.8 Å². The van der Waals surface area contributed by atoms with Crippen molar-refractivity contribution >= 4 is 6.03 Å². The third-order valence-electron chi connectivity index (χ3n) is 8.59. The number of urea groups is 1. The van der Waals surface area contributed by atoms with E-state index in [4.69, 9.17) is 0 Å². The molecule has 35 heavy (non-hydrogen) atoms. The lowest BCUT2D eigenvalue weighted by Crippen LogP contribution is -2.63. The average Bonchev–Trinajstić information content (AvgIpc) is 3.47. The number of hydrogen-bond donors (Lipinski definition) is 3. The maximum Gasteiger partial charge on any atom is 0.317 e. The molecule has 4 aliphatic rings. The normalized spacial score (nSPS) is 34.7. The van der Waals surface area contributed by atoms with E-state index in [-0.39, 0.29) is 30.1 Å². The fraction of sp³-hybridized carbons (Fsp3) is 0.519. The van der Waals surface area contributed by atoms with Gasteiger partial charge in [-0.2, -0.15) is 5.26 Å². The Labute approximate surface area is 206 Å². The van der Waals surface area contributed by atoms with E-state index < -0.39 is 0 Å². The summed E-state index contributed by atoms with van der Waals surface area (Å²) >= 11 is 0. The molecule has 182 valence electrons.